The van der Waals surface area contributed by atoms with E-state index in [-0.39, 0.29) is 16.1 Å². The number of hydrogen-bond acceptors (Lipinski definition) is 5. The molecule has 6 nitrogen and oxygen atoms in total. The van der Waals surface area contributed by atoms with Crippen LogP contribution in [0.3, 0.4) is 0 Å². The number of aromatic nitrogens is 3. The first-order chi connectivity index (χ1) is 11.8. The molecule has 0 saturated heterocycles. The van der Waals surface area contributed by atoms with Crippen LogP contribution in [0.4, 0.5) is 0 Å². The molecule has 0 saturated carbocycles. The Morgan fingerprint density at radius 3 is 2.68 bits per heavy atom. The van der Waals surface area contributed by atoms with Crippen LogP contribution in [-0.4, -0.2) is 26.2 Å². The van der Waals surface area contributed by atoms with Gasteiger partial charge in [-0.3, -0.25) is 9.89 Å². The van der Waals surface area contributed by atoms with E-state index in [1.807, 2.05) is 51.1 Å². The van der Waals surface area contributed by atoms with E-state index in [4.69, 9.17) is 12.2 Å². The van der Waals surface area contributed by atoms with E-state index in [1.165, 1.54) is 6.21 Å². The molecule has 1 aromatic heterocycles. The van der Waals surface area contributed by atoms with E-state index in [0.29, 0.717) is 11.3 Å². The highest BCUT2D eigenvalue weighted by atomic mass is 32.1. The summed E-state index contributed by atoms with van der Waals surface area (Å²) in [5.41, 5.74) is 0.0243. The number of rotatable bonds is 2. The molecule has 0 radical (unpaired) electrons. The predicted molar refractivity (Wildman–Crippen MR) is 101 cm³/mol. The summed E-state index contributed by atoms with van der Waals surface area (Å²) in [6.45, 7) is 5.66. The first kappa shape index (κ1) is 17.0. The van der Waals surface area contributed by atoms with Crippen LogP contribution in [0.1, 0.15) is 32.0 Å². The first-order valence-electron chi connectivity index (χ1n) is 7.76. The lowest BCUT2D eigenvalue weighted by molar-refractivity contribution is 0.475. The number of nitrogens with one attached hydrogen (secondary N) is 1. The zero-order chi connectivity index (χ0) is 18.2. The molecule has 1 heterocycles. The highest BCUT2D eigenvalue weighted by Crippen LogP contribution is 2.25. The third kappa shape index (κ3) is 3.23. The molecule has 2 N–H and O–H groups in total. The molecule has 128 valence electrons. The number of phenolic OH excluding ortho intramolecular Hbond substituents is 1. The van der Waals surface area contributed by atoms with Gasteiger partial charge in [-0.1, -0.05) is 51.1 Å². The largest absolute Gasteiger partial charge is 0.507 e. The molecule has 0 atom stereocenters. The van der Waals surface area contributed by atoms with Gasteiger partial charge in [0, 0.05) is 11.0 Å². The molecule has 0 aliphatic carbocycles. The van der Waals surface area contributed by atoms with Crippen LogP contribution in [0.2, 0.25) is 0 Å². The molecule has 0 aliphatic heterocycles. The van der Waals surface area contributed by atoms with Gasteiger partial charge in [0.2, 0.25) is 4.77 Å². The fourth-order valence-corrected chi connectivity index (χ4v) is 2.70. The summed E-state index contributed by atoms with van der Waals surface area (Å²) in [7, 11) is 0. The minimum absolute atomic E-state index is 0.0792. The monoisotopic (exact) mass is 354 g/mol. The molecule has 0 aliphatic rings. The number of aromatic hydroxyl groups is 1. The summed E-state index contributed by atoms with van der Waals surface area (Å²) < 4.78 is 1.18. The van der Waals surface area contributed by atoms with Crippen molar-refractivity contribution in [3.8, 4) is 5.75 Å². The van der Waals surface area contributed by atoms with E-state index < -0.39 is 5.41 Å². The summed E-state index contributed by atoms with van der Waals surface area (Å²) in [6.07, 6.45) is 1.44. The average molecular weight is 354 g/mol. The quantitative estimate of drug-likeness (QED) is 0.546. The Bertz CT molecular complexity index is 1090. The Balaban J connectivity index is 2.18. The summed E-state index contributed by atoms with van der Waals surface area (Å²) in [6, 6.07) is 11.0. The second-order valence-corrected chi connectivity index (χ2v) is 7.10. The van der Waals surface area contributed by atoms with Gasteiger partial charge in [0.25, 0.3) is 5.56 Å². The molecule has 0 unspecified atom stereocenters. The summed E-state index contributed by atoms with van der Waals surface area (Å²) in [4.78, 5) is 12.6. The number of hydrogen-bond donors (Lipinski definition) is 2. The van der Waals surface area contributed by atoms with E-state index in [9.17, 15) is 9.90 Å². The normalized spacial score (nSPS) is 12.1. The third-order valence-corrected chi connectivity index (χ3v) is 4.08. The lowest BCUT2D eigenvalue weighted by Crippen LogP contribution is -2.32. The van der Waals surface area contributed by atoms with Gasteiger partial charge in [-0.25, -0.2) is 0 Å². The molecule has 0 amide bonds. The Morgan fingerprint density at radius 2 is 1.96 bits per heavy atom. The van der Waals surface area contributed by atoms with Crippen molar-refractivity contribution in [2.75, 3.05) is 0 Å². The number of benzene rings is 2. The van der Waals surface area contributed by atoms with Crippen molar-refractivity contribution in [3.63, 3.8) is 0 Å². The smallest absolute Gasteiger partial charge is 0.297 e. The van der Waals surface area contributed by atoms with Crippen molar-refractivity contribution in [1.29, 1.82) is 0 Å². The zero-order valence-corrected chi connectivity index (χ0v) is 15.0. The van der Waals surface area contributed by atoms with Crippen LogP contribution in [0.25, 0.3) is 10.8 Å². The maximum Gasteiger partial charge on any atom is 0.297 e. The maximum atomic E-state index is 12.6. The Morgan fingerprint density at radius 1 is 1.24 bits per heavy atom. The number of phenols is 1. The van der Waals surface area contributed by atoms with Gasteiger partial charge in [0.05, 0.1) is 6.21 Å². The van der Waals surface area contributed by atoms with Crippen molar-refractivity contribution in [3.05, 3.63) is 62.8 Å². The number of fused-ring (bicyclic) bond motifs is 1. The lowest BCUT2D eigenvalue weighted by Gasteiger charge is -2.16. The lowest BCUT2D eigenvalue weighted by atomic mass is 9.93. The number of H-pyrrole nitrogens is 1. The fourth-order valence-electron chi connectivity index (χ4n) is 2.52. The molecule has 0 spiro atoms. The van der Waals surface area contributed by atoms with Gasteiger partial charge in [-0.05, 0) is 29.1 Å². The minimum atomic E-state index is -0.449. The second-order valence-electron chi connectivity index (χ2n) is 6.71. The van der Waals surface area contributed by atoms with Gasteiger partial charge >= 0.3 is 0 Å². The van der Waals surface area contributed by atoms with Crippen molar-refractivity contribution >= 4 is 29.2 Å². The zero-order valence-electron chi connectivity index (χ0n) is 14.1. The van der Waals surface area contributed by atoms with E-state index in [1.54, 1.807) is 6.07 Å². The average Bonchev–Trinajstić information content (AvgIpc) is 2.55. The van der Waals surface area contributed by atoms with Gasteiger partial charge in [0.15, 0.2) is 0 Å². The molecule has 3 aromatic rings. The number of nitrogens with zero attached hydrogens (tertiary/aromatic N) is 3. The fraction of sp³-hybridized carbons (Fsp3) is 0.222. The molecular weight excluding hydrogens is 336 g/mol. The summed E-state index contributed by atoms with van der Waals surface area (Å²) >= 11 is 5.13. The van der Waals surface area contributed by atoms with Crippen LogP contribution < -0.4 is 5.56 Å². The Hall–Kier alpha value is -2.80. The third-order valence-electron chi connectivity index (χ3n) is 3.81. The topological polar surface area (TPSA) is 83.3 Å². The van der Waals surface area contributed by atoms with E-state index in [0.717, 1.165) is 15.4 Å². The summed E-state index contributed by atoms with van der Waals surface area (Å²) in [5.74, 6) is 0.0792. The van der Waals surface area contributed by atoms with Crippen molar-refractivity contribution < 1.29 is 5.11 Å². The molecule has 0 bridgehead atoms. The molecule has 0 fully saturated rings. The number of aromatic amines is 1. The highest BCUT2D eigenvalue weighted by molar-refractivity contribution is 7.71. The molecule has 7 heteroatoms. The van der Waals surface area contributed by atoms with Crippen LogP contribution in [0.5, 0.6) is 5.75 Å². The van der Waals surface area contributed by atoms with Gasteiger partial charge in [0.1, 0.15) is 11.4 Å². The molecule has 2 aromatic carbocycles. The molecular formula is C18H18N4O2S. The minimum Gasteiger partial charge on any atom is -0.507 e. The predicted octanol–water partition coefficient (Wildman–Crippen LogP) is 3.34. The first-order valence-corrected chi connectivity index (χ1v) is 8.17. The SMILES string of the molecule is CC(C)(C)c1n[nH]c(=S)n(/N=C\c2c(O)ccc3ccccc23)c1=O. The summed E-state index contributed by atoms with van der Waals surface area (Å²) in [5, 5.41) is 22.9. The molecule has 3 rings (SSSR count). The standard InChI is InChI=1S/C18H18N4O2S/c1-18(2,3)15-16(24)22(17(25)21-20-15)19-10-13-12-7-5-4-6-11(12)8-9-14(13)23/h4-10,23H,1-3H3,(H,21,25)/b19-10-. The van der Waals surface area contributed by atoms with Crippen LogP contribution in [0, 0.1) is 4.77 Å². The van der Waals surface area contributed by atoms with Gasteiger partial charge in [-0.15, -0.1) is 0 Å². The van der Waals surface area contributed by atoms with E-state index in [2.05, 4.69) is 15.3 Å². The maximum absolute atomic E-state index is 12.6. The highest BCUT2D eigenvalue weighted by Gasteiger charge is 2.21. The molecule has 25 heavy (non-hydrogen) atoms. The van der Waals surface area contributed by atoms with E-state index >= 15 is 0 Å². The van der Waals surface area contributed by atoms with Crippen LogP contribution in [0.15, 0.2) is 46.3 Å². The van der Waals surface area contributed by atoms with Crippen molar-refractivity contribution in [2.45, 2.75) is 26.2 Å². The van der Waals surface area contributed by atoms with Gasteiger partial charge < -0.3 is 5.11 Å². The Labute approximate surface area is 149 Å². The van der Waals surface area contributed by atoms with Crippen molar-refractivity contribution in [1.82, 2.24) is 14.9 Å². The van der Waals surface area contributed by atoms with Gasteiger partial charge in [-0.2, -0.15) is 14.9 Å². The van der Waals surface area contributed by atoms with Crippen molar-refractivity contribution in [2.24, 2.45) is 5.10 Å². The Kier molecular flexibility index (Phi) is 4.26. The van der Waals surface area contributed by atoms with Crippen LogP contribution in [-0.2, 0) is 5.41 Å². The van der Waals surface area contributed by atoms with Crippen LogP contribution >= 0.6 is 12.2 Å². The second kappa shape index (κ2) is 6.25.